The minimum Gasteiger partial charge on any atom is -0.870 e. The van der Waals surface area contributed by atoms with Gasteiger partial charge in [0, 0.05) is 68.0 Å². The molecule has 1 atom stereocenters. The summed E-state index contributed by atoms with van der Waals surface area (Å²) < 4.78 is 0. The molecule has 0 aliphatic heterocycles. The van der Waals surface area contributed by atoms with Crippen LogP contribution in [0.15, 0.2) is 15.0 Å². The Morgan fingerprint density at radius 1 is 0.419 bits per heavy atom. The van der Waals surface area contributed by atoms with Crippen LogP contribution in [0.25, 0.3) is 0 Å². The first-order chi connectivity index (χ1) is 37.3. The minimum absolute atomic E-state index is 0. The van der Waals surface area contributed by atoms with Crippen molar-refractivity contribution in [2.24, 2.45) is 26.4 Å². The van der Waals surface area contributed by atoms with Crippen molar-refractivity contribution in [1.29, 1.82) is 0 Å². The smallest absolute Gasteiger partial charge is 0.492 e. The second kappa shape index (κ2) is 68.3. The summed E-state index contributed by atoms with van der Waals surface area (Å²) in [6.45, 7) is 5.46. The van der Waals surface area contributed by atoms with Crippen LogP contribution in [0.2, 0.25) is 36.3 Å². The van der Waals surface area contributed by atoms with Crippen molar-refractivity contribution < 1.29 is 168 Å². The Morgan fingerprint density at radius 3 is 0.849 bits per heavy atom. The number of nitrogens with two attached hydrogens (primary N) is 2. The van der Waals surface area contributed by atoms with Gasteiger partial charge in [0.15, 0.2) is 5.78 Å². The number of hydrogen-bond acceptors (Lipinski definition) is 38. The van der Waals surface area contributed by atoms with Gasteiger partial charge in [0.25, 0.3) is 0 Å². The average Bonchev–Trinajstić information content (AvgIpc) is 3.33. The molecule has 0 aliphatic carbocycles. The van der Waals surface area contributed by atoms with Gasteiger partial charge in [0.2, 0.25) is 0 Å². The number of hydrogen-bond donors (Lipinski definition) is 28. The first-order valence-electron chi connectivity index (χ1n) is 24.8. The Bertz CT molecular complexity index is 1580. The fraction of sp³-hybridized carbons (Fsp3) is 0.800. The van der Waals surface area contributed by atoms with E-state index in [0.29, 0.717) is 77.4 Å². The molecule has 524 valence electrons. The lowest BCUT2D eigenvalue weighted by atomic mass is 10.2. The molecule has 0 radical (unpaired) electrons. The first kappa shape index (κ1) is 111. The number of aldehydes is 1. The van der Waals surface area contributed by atoms with E-state index in [9.17, 15) is 24.0 Å². The highest BCUT2D eigenvalue weighted by Crippen LogP contribution is 2.04. The molecule has 46 heteroatoms. The van der Waals surface area contributed by atoms with E-state index < -0.39 is 77.9 Å². The summed E-state index contributed by atoms with van der Waals surface area (Å²) in [5, 5.41) is 61.1. The van der Waals surface area contributed by atoms with Crippen LogP contribution in [0.4, 0.5) is 0 Å². The highest BCUT2D eigenvalue weighted by molar-refractivity contribution is 6.57. The minimum atomic E-state index is -3.94. The SMILES string of the molecule is CC(=O)CC(C)=NCCC[Si](O)(O)O.CC(=O)CC(C)=O.NCCC[Si](O)(O)O.NCCC[Si](O)(O)O.O=C(CO)CO.O=CC(CO)NCCC[Si](O)(O)O.OCC(CO)=NCCC[Si](O)(O)O.OCC(CO)=NCCC[Si](O)(O)O.[OH-].[OH-].[OH3+].[OH3+]. The molecule has 40 nitrogen and oxygen atoms in total. The number of nitrogens with one attached hydrogen (secondary N) is 1. The molecular weight excluding hydrogens is 1280 g/mol. The quantitative estimate of drug-likeness (QED) is 0.00700. The molecule has 38 N–H and O–H groups in total. The molecule has 0 saturated carbocycles. The van der Waals surface area contributed by atoms with Gasteiger partial charge >= 0.3 is 52.8 Å². The number of Topliss-reactive ketones (excluding diaryl/α,β-unsaturated/α-hetero) is 4. The molecule has 0 fully saturated rings. The van der Waals surface area contributed by atoms with Gasteiger partial charge in [-0.05, 0) is 85.9 Å². The van der Waals surface area contributed by atoms with Crippen LogP contribution in [0.1, 0.15) is 79.1 Å². The Labute approximate surface area is 504 Å². The Hall–Kier alpha value is -2.62. The average molecular weight is 1380 g/mol. The third kappa shape index (κ3) is 131. The Kier molecular flexibility index (Phi) is 88.2. The predicted molar refractivity (Wildman–Crippen MR) is 319 cm³/mol. The van der Waals surface area contributed by atoms with Gasteiger partial charge in [-0.1, -0.05) is 0 Å². The molecule has 1 unspecified atom stereocenters. The molecule has 0 saturated heterocycles. The lowest BCUT2D eigenvalue weighted by molar-refractivity contribution is -0.125. The van der Waals surface area contributed by atoms with E-state index in [4.69, 9.17) is 134 Å². The van der Waals surface area contributed by atoms with E-state index in [1.165, 1.54) is 20.8 Å². The lowest BCUT2D eigenvalue weighted by Gasteiger charge is -2.11. The van der Waals surface area contributed by atoms with E-state index in [2.05, 4.69) is 20.3 Å². The topological polar surface area (TPSA) is 818 Å². The second-order valence-corrected chi connectivity index (χ2v) is 29.5. The van der Waals surface area contributed by atoms with Crippen LogP contribution in [-0.4, -0.2) is 324 Å². The van der Waals surface area contributed by atoms with Crippen molar-refractivity contribution >= 4 is 99.4 Å². The van der Waals surface area contributed by atoms with E-state index in [-0.39, 0.29) is 139 Å². The summed E-state index contributed by atoms with van der Waals surface area (Å²) in [5.74, 6) is -0.614. The number of aliphatic hydroxyl groups is 7. The summed E-state index contributed by atoms with van der Waals surface area (Å²) in [6.07, 6.45) is 3.33. The van der Waals surface area contributed by atoms with Crippen LogP contribution in [0.3, 0.4) is 0 Å². The lowest BCUT2D eigenvalue weighted by Crippen LogP contribution is -2.38. The summed E-state index contributed by atoms with van der Waals surface area (Å²) in [6, 6.07) is -0.776. The summed E-state index contributed by atoms with van der Waals surface area (Å²) in [7, 11) is -23.2. The van der Waals surface area contributed by atoms with Crippen molar-refractivity contribution in [3.8, 4) is 0 Å². The zero-order valence-corrected chi connectivity index (χ0v) is 55.0. The maximum Gasteiger partial charge on any atom is 0.492 e. The third-order valence-corrected chi connectivity index (χ3v) is 14.2. The number of rotatable bonds is 35. The first-order valence-corrected chi connectivity index (χ1v) is 37.1. The Balaban J connectivity index is -0.0000000734. The molecule has 0 aromatic rings. The summed E-state index contributed by atoms with van der Waals surface area (Å²) in [5.41, 5.74) is 11.3. The van der Waals surface area contributed by atoms with E-state index in [1.807, 2.05) is 0 Å². The fourth-order valence-electron chi connectivity index (χ4n) is 4.26. The van der Waals surface area contributed by atoms with Crippen molar-refractivity contribution in [1.82, 2.24) is 5.32 Å². The van der Waals surface area contributed by atoms with E-state index in [0.717, 1.165) is 5.71 Å². The fourth-order valence-corrected chi connectivity index (χ4v) is 8.16. The molecule has 0 aliphatic rings. The van der Waals surface area contributed by atoms with Gasteiger partial charge in [-0.25, -0.2) is 0 Å². The van der Waals surface area contributed by atoms with Gasteiger partial charge in [-0.3, -0.25) is 34.2 Å². The van der Waals surface area contributed by atoms with E-state index in [1.54, 1.807) is 6.92 Å². The number of aliphatic hydroxyl groups excluding tert-OH is 7. The van der Waals surface area contributed by atoms with Gasteiger partial charge in [-0.2, -0.15) is 0 Å². The second-order valence-electron chi connectivity index (χ2n) is 17.2. The maximum atomic E-state index is 10.7. The normalized spacial score (nSPS) is 11.2. The summed E-state index contributed by atoms with van der Waals surface area (Å²) >= 11 is 0. The molecule has 0 aromatic carbocycles. The van der Waals surface area contributed by atoms with Crippen molar-refractivity contribution in [2.75, 3.05) is 85.5 Å². The number of nitrogens with zero attached hydrogens (tertiary/aromatic N) is 3. The maximum absolute atomic E-state index is 10.7. The number of ketones is 4. The van der Waals surface area contributed by atoms with Crippen LogP contribution >= 0.6 is 0 Å². The standard InChI is InChI=1S/C8H17NO4Si.3C6H15NO5Si.C5H8O2.2C3H11NO3Si.C3H6O3.4H2O/c1-7(6-8(2)10)9-4-3-5-14(11,12)13;3*8-4-6(5-9)7-2-1-3-13(10,11)12;1-4(6)3-5(2)7;2*4-2-1-3-8(5,6)7;4-1-3(6)2-5;;;;/h11-13H,3-6H2,1-2H3;2*8-12H,1-5H2;4,6-7,9-12H,1-3,5H2;3H2,1-2H3;2*5-7H,1-4H2;4-5H,1-2H2;4*1H2. The monoisotopic (exact) mass is 1380 g/mol. The number of aliphatic imine (C=N–C) groups is 3. The molecule has 0 heterocycles. The zero-order valence-electron chi connectivity index (χ0n) is 49.0. The number of carbonyl (C=O) groups is 5. The van der Waals surface area contributed by atoms with Crippen LogP contribution < -0.4 is 16.8 Å². The highest BCUT2D eigenvalue weighted by Gasteiger charge is 2.28. The summed E-state index contributed by atoms with van der Waals surface area (Å²) in [4.78, 5) is 216. The predicted octanol–water partition coefficient (Wildman–Crippen LogP) is -14.0. The van der Waals surface area contributed by atoms with E-state index >= 15 is 0 Å². The molecule has 0 aromatic heterocycles. The zero-order chi connectivity index (χ0) is 66.2. The van der Waals surface area contributed by atoms with Crippen LogP contribution in [0.5, 0.6) is 0 Å². The molecule has 0 spiro atoms. The molecule has 0 rings (SSSR count). The third-order valence-electron chi connectivity index (χ3n) is 8.04. The van der Waals surface area contributed by atoms with Crippen molar-refractivity contribution in [3.63, 3.8) is 0 Å². The highest BCUT2D eigenvalue weighted by atomic mass is 28.4. The van der Waals surface area contributed by atoms with Crippen molar-refractivity contribution in [2.45, 2.75) is 121 Å². The Morgan fingerprint density at radius 2 is 0.674 bits per heavy atom. The van der Waals surface area contributed by atoms with Gasteiger partial charge in [0.1, 0.15) is 36.8 Å². The van der Waals surface area contributed by atoms with Gasteiger partial charge < -0.3 is 166 Å². The van der Waals surface area contributed by atoms with Gasteiger partial charge in [-0.15, -0.1) is 0 Å². The largest absolute Gasteiger partial charge is 0.870 e. The van der Waals surface area contributed by atoms with Crippen LogP contribution in [-0.2, 0) is 34.9 Å². The molecule has 86 heavy (non-hydrogen) atoms. The van der Waals surface area contributed by atoms with Crippen molar-refractivity contribution in [3.05, 3.63) is 0 Å². The van der Waals surface area contributed by atoms with Gasteiger partial charge in [0.05, 0.1) is 56.9 Å². The molecule has 0 bridgehead atoms. The van der Waals surface area contributed by atoms with Crippen LogP contribution in [0, 0.1) is 0 Å². The number of carbonyl (C=O) groups excluding carboxylic acids is 5. The molecular formula is C40H106N6O34Si6. The molecule has 0 amide bonds.